The second-order valence-electron chi connectivity index (χ2n) is 19.0. The van der Waals surface area contributed by atoms with Crippen LogP contribution in [0.3, 0.4) is 0 Å². The van der Waals surface area contributed by atoms with Gasteiger partial charge in [-0.1, -0.05) is 54.6 Å². The van der Waals surface area contributed by atoms with E-state index in [1.807, 2.05) is 88.0 Å². The van der Waals surface area contributed by atoms with Crippen molar-refractivity contribution in [1.29, 1.82) is 10.5 Å². The first-order valence-electron chi connectivity index (χ1n) is 24.6. The van der Waals surface area contributed by atoms with Crippen LogP contribution in [0.5, 0.6) is 0 Å². The van der Waals surface area contributed by atoms with Crippen molar-refractivity contribution in [2.24, 2.45) is 0 Å². The number of alkyl halides is 3. The zero-order valence-corrected chi connectivity index (χ0v) is 43.1. The predicted octanol–water partition coefficient (Wildman–Crippen LogP) is 12.2. The molecule has 6 aromatic heterocycles. The van der Waals surface area contributed by atoms with Crippen molar-refractivity contribution >= 4 is 43.6 Å². The fourth-order valence-corrected chi connectivity index (χ4v) is 10.4. The fraction of sp³-hybridized carbons (Fsp3) is 0.153. The SMILES string of the molecule is Cc1nc(C)nc(-c2ccc3c4ccc(-c5nc(C)nc(C)n5)cc4n(-c4cc(-c5ccc(C#N)cc5C(F)(F)F)c(-n5c6cc(-c7nc(C)nc(C)n7)ccc6c6ccc(-c7nc(C)nc(C)n7)cc65)cc4C#N)c3c2)n1. The number of benzene rings is 6. The Morgan fingerprint density at radius 2 is 0.692 bits per heavy atom. The Labute approximate surface area is 442 Å². The van der Waals surface area contributed by atoms with Crippen LogP contribution in [-0.4, -0.2) is 68.9 Å². The van der Waals surface area contributed by atoms with Gasteiger partial charge in [0.05, 0.1) is 56.2 Å². The molecule has 6 aromatic carbocycles. The van der Waals surface area contributed by atoms with Gasteiger partial charge in [0.25, 0.3) is 0 Å². The van der Waals surface area contributed by atoms with Gasteiger partial charge in [-0.2, -0.15) is 23.7 Å². The molecular weight excluding hydrogens is 990 g/mol. The molecule has 0 saturated carbocycles. The molecule has 16 nitrogen and oxygen atoms in total. The van der Waals surface area contributed by atoms with E-state index in [1.165, 1.54) is 12.1 Å². The lowest BCUT2D eigenvalue weighted by atomic mass is 9.93. The molecule has 12 aromatic rings. The molecule has 0 amide bonds. The molecule has 6 heterocycles. The van der Waals surface area contributed by atoms with E-state index in [0.717, 1.165) is 27.6 Å². The van der Waals surface area contributed by atoms with E-state index in [2.05, 4.69) is 65.9 Å². The van der Waals surface area contributed by atoms with E-state index in [-0.39, 0.29) is 33.6 Å². The Bertz CT molecular complexity index is 4340. The number of hydrogen-bond donors (Lipinski definition) is 0. The smallest absolute Gasteiger partial charge is 0.309 e. The van der Waals surface area contributed by atoms with Crippen LogP contribution in [0.1, 0.15) is 63.3 Å². The molecule has 378 valence electrons. The number of fused-ring (bicyclic) bond motifs is 6. The molecule has 12 rings (SSSR count). The van der Waals surface area contributed by atoms with Gasteiger partial charge in [-0.3, -0.25) is 0 Å². The molecule has 0 saturated heterocycles. The normalized spacial score (nSPS) is 11.8. The molecule has 0 radical (unpaired) electrons. The summed E-state index contributed by atoms with van der Waals surface area (Å²) in [6.07, 6.45) is -4.95. The van der Waals surface area contributed by atoms with Crippen LogP contribution in [-0.2, 0) is 6.18 Å². The Morgan fingerprint density at radius 1 is 0.359 bits per heavy atom. The number of nitrogens with zero attached hydrogens (tertiary/aromatic N) is 16. The third-order valence-corrected chi connectivity index (χ3v) is 13.5. The summed E-state index contributed by atoms with van der Waals surface area (Å²) in [6.45, 7) is 14.2. The van der Waals surface area contributed by atoms with Crippen molar-refractivity contribution in [3.8, 4) is 80.2 Å². The van der Waals surface area contributed by atoms with Crippen LogP contribution in [0.25, 0.3) is 112 Å². The molecule has 0 aliphatic carbocycles. The molecule has 0 aliphatic heterocycles. The molecular formula is C59H41F3N16. The first-order valence-corrected chi connectivity index (χ1v) is 24.6. The van der Waals surface area contributed by atoms with Crippen molar-refractivity contribution in [3.05, 3.63) is 166 Å². The first-order chi connectivity index (χ1) is 37.4. The van der Waals surface area contributed by atoms with Gasteiger partial charge in [-0.05, 0) is 109 Å². The summed E-state index contributed by atoms with van der Waals surface area (Å²) in [7, 11) is 0. The van der Waals surface area contributed by atoms with E-state index in [0.29, 0.717) is 114 Å². The van der Waals surface area contributed by atoms with Crippen LogP contribution in [0.2, 0.25) is 0 Å². The third kappa shape index (κ3) is 8.43. The monoisotopic (exact) mass is 1030 g/mol. The number of halogens is 3. The van der Waals surface area contributed by atoms with Crippen LogP contribution >= 0.6 is 0 Å². The number of aryl methyl sites for hydroxylation is 8. The minimum absolute atomic E-state index is 0.0869. The molecule has 0 bridgehead atoms. The Kier molecular flexibility index (Phi) is 11.4. The van der Waals surface area contributed by atoms with Gasteiger partial charge in [0, 0.05) is 49.4 Å². The van der Waals surface area contributed by atoms with Gasteiger partial charge < -0.3 is 9.13 Å². The molecule has 0 unspecified atom stereocenters. The van der Waals surface area contributed by atoms with Gasteiger partial charge in [-0.25, -0.2) is 59.8 Å². The molecule has 0 N–H and O–H groups in total. The van der Waals surface area contributed by atoms with Gasteiger partial charge in [-0.15, -0.1) is 0 Å². The van der Waals surface area contributed by atoms with Gasteiger partial charge >= 0.3 is 6.18 Å². The van der Waals surface area contributed by atoms with Crippen LogP contribution in [0.15, 0.2) is 103 Å². The van der Waals surface area contributed by atoms with E-state index < -0.39 is 11.7 Å². The number of nitriles is 2. The van der Waals surface area contributed by atoms with Crippen molar-refractivity contribution in [1.82, 2.24) is 68.9 Å². The Balaban J connectivity index is 1.24. The molecule has 19 heteroatoms. The van der Waals surface area contributed by atoms with Gasteiger partial charge in [0.2, 0.25) is 0 Å². The summed E-state index contributed by atoms with van der Waals surface area (Å²) in [4.78, 5) is 54.9. The molecule has 78 heavy (non-hydrogen) atoms. The summed E-state index contributed by atoms with van der Waals surface area (Å²) in [5.41, 5.74) is 4.01. The van der Waals surface area contributed by atoms with Crippen LogP contribution in [0.4, 0.5) is 13.2 Å². The summed E-state index contributed by atoms with van der Waals surface area (Å²) < 4.78 is 51.3. The highest BCUT2D eigenvalue weighted by Crippen LogP contribution is 2.46. The van der Waals surface area contributed by atoms with E-state index in [1.54, 1.807) is 67.5 Å². The molecule has 0 atom stereocenters. The maximum absolute atomic E-state index is 15.9. The molecule has 0 spiro atoms. The molecule has 0 aliphatic rings. The highest BCUT2D eigenvalue weighted by molar-refractivity contribution is 6.13. The lowest BCUT2D eigenvalue weighted by molar-refractivity contribution is -0.137. The third-order valence-electron chi connectivity index (χ3n) is 13.5. The zero-order valence-electron chi connectivity index (χ0n) is 43.1. The summed E-state index contributed by atoms with van der Waals surface area (Å²) in [5, 5.41) is 24.7. The lowest BCUT2D eigenvalue weighted by Gasteiger charge is -2.21. The van der Waals surface area contributed by atoms with Crippen molar-refractivity contribution < 1.29 is 13.2 Å². The maximum Gasteiger partial charge on any atom is 0.417 e. The average molecular weight is 1030 g/mol. The zero-order chi connectivity index (χ0) is 54.5. The van der Waals surface area contributed by atoms with Gasteiger partial charge in [0.15, 0.2) is 23.3 Å². The van der Waals surface area contributed by atoms with Gasteiger partial charge in [0.1, 0.15) is 52.7 Å². The standard InChI is InChI=1S/C59H41F3N16/c1-28-65-29(2)70-55(69-28)37-10-15-43-44-16-11-38(56-71-30(3)66-31(4)72-56)21-51(44)77(50(43)20-37)49-25-47(42-14-9-36(26-63)19-48(42)59(60,61)62)54(24-41(49)27-64)78-52-22-39(57-73-32(5)67-33(6)74-57)12-17-45(52)46-18-13-40(23-53(46)78)58-75-34(7)68-35(8)76-58/h9-25H,1-8H3. The van der Waals surface area contributed by atoms with Crippen molar-refractivity contribution in [2.75, 3.05) is 0 Å². The number of hydrogen-bond acceptors (Lipinski definition) is 14. The van der Waals surface area contributed by atoms with E-state index in [9.17, 15) is 10.5 Å². The highest BCUT2D eigenvalue weighted by Gasteiger charge is 2.36. The first kappa shape index (κ1) is 48.7. The quantitative estimate of drug-likeness (QED) is 0.145. The average Bonchev–Trinajstić information content (AvgIpc) is 4.01. The Morgan fingerprint density at radius 3 is 1.00 bits per heavy atom. The van der Waals surface area contributed by atoms with Crippen LogP contribution in [0, 0.1) is 78.1 Å². The van der Waals surface area contributed by atoms with Crippen molar-refractivity contribution in [3.63, 3.8) is 0 Å². The number of aromatic nitrogens is 14. The highest BCUT2D eigenvalue weighted by atomic mass is 19.4. The Hall–Kier alpha value is -10.3. The second kappa shape index (κ2) is 18.2. The summed E-state index contributed by atoms with van der Waals surface area (Å²) in [5.74, 6) is 5.69. The largest absolute Gasteiger partial charge is 0.417 e. The fourth-order valence-electron chi connectivity index (χ4n) is 10.4. The lowest BCUT2D eigenvalue weighted by Crippen LogP contribution is -2.10. The predicted molar refractivity (Wildman–Crippen MR) is 288 cm³/mol. The maximum atomic E-state index is 15.9. The van der Waals surface area contributed by atoms with Crippen molar-refractivity contribution in [2.45, 2.75) is 61.6 Å². The molecule has 0 fully saturated rings. The van der Waals surface area contributed by atoms with E-state index in [4.69, 9.17) is 0 Å². The van der Waals surface area contributed by atoms with E-state index >= 15 is 13.2 Å². The van der Waals surface area contributed by atoms with Crippen LogP contribution < -0.4 is 0 Å². The summed E-state index contributed by atoms with van der Waals surface area (Å²) >= 11 is 0. The minimum atomic E-state index is -4.95. The minimum Gasteiger partial charge on any atom is -0.309 e. The number of rotatable bonds is 7. The second-order valence-corrected chi connectivity index (χ2v) is 19.0. The summed E-state index contributed by atoms with van der Waals surface area (Å²) in [6, 6.07) is 34.1. The topological polar surface area (TPSA) is 212 Å².